The van der Waals surface area contributed by atoms with Crippen LogP contribution in [0.5, 0.6) is 0 Å². The molecule has 8 heteroatoms. The van der Waals surface area contributed by atoms with Gasteiger partial charge >= 0.3 is 0 Å². The topological polar surface area (TPSA) is 113 Å². The van der Waals surface area contributed by atoms with E-state index in [1.54, 1.807) is 18.2 Å². The number of hydrogen-bond acceptors (Lipinski definition) is 5. The Bertz CT molecular complexity index is 1220. The van der Waals surface area contributed by atoms with E-state index < -0.39 is 16.9 Å². The summed E-state index contributed by atoms with van der Waals surface area (Å²) >= 11 is 0. The number of non-ortho nitro benzene ring substituents is 1. The molecule has 0 aliphatic carbocycles. The van der Waals surface area contributed by atoms with E-state index >= 15 is 0 Å². The molecule has 0 unspecified atom stereocenters. The minimum atomic E-state index is -0.909. The number of hydrazine groups is 1. The number of hydrogen-bond donors (Lipinski definition) is 3. The third-order valence-corrected chi connectivity index (χ3v) is 5.67. The molecule has 0 aromatic heterocycles. The van der Waals surface area contributed by atoms with E-state index in [0.29, 0.717) is 16.8 Å². The van der Waals surface area contributed by atoms with Gasteiger partial charge in [0.1, 0.15) is 6.04 Å². The number of benzene rings is 3. The van der Waals surface area contributed by atoms with Crippen LogP contribution in [0.1, 0.15) is 38.2 Å². The molecule has 0 saturated heterocycles. The number of nitro groups is 1. The van der Waals surface area contributed by atoms with Gasteiger partial charge in [0.2, 0.25) is 0 Å². The molecule has 176 valence electrons. The van der Waals surface area contributed by atoms with Crippen LogP contribution in [0.2, 0.25) is 0 Å². The molecule has 3 aromatic rings. The molecule has 0 bridgehead atoms. The minimum absolute atomic E-state index is 0.0412. The van der Waals surface area contributed by atoms with Crippen LogP contribution in [0.15, 0.2) is 60.7 Å². The van der Waals surface area contributed by atoms with E-state index in [-0.39, 0.29) is 18.0 Å². The number of nitrogens with one attached hydrogen (secondary N) is 3. The highest BCUT2D eigenvalue weighted by molar-refractivity contribution is 5.98. The van der Waals surface area contributed by atoms with Gasteiger partial charge in [0.15, 0.2) is 0 Å². The number of carbonyl (C=O) groups is 2. The van der Waals surface area contributed by atoms with Gasteiger partial charge in [0.25, 0.3) is 17.5 Å². The smallest absolute Gasteiger partial charge is 0.269 e. The second-order valence-corrected chi connectivity index (χ2v) is 8.39. The number of amides is 2. The van der Waals surface area contributed by atoms with Gasteiger partial charge in [0.05, 0.1) is 10.6 Å². The first kappa shape index (κ1) is 24.4. The van der Waals surface area contributed by atoms with Crippen molar-refractivity contribution in [3.63, 3.8) is 0 Å². The Morgan fingerprint density at radius 3 is 2.21 bits per heavy atom. The van der Waals surface area contributed by atoms with Crippen molar-refractivity contribution in [1.29, 1.82) is 0 Å². The second kappa shape index (κ2) is 10.6. The maximum Gasteiger partial charge on any atom is 0.269 e. The number of carbonyl (C=O) groups excluding carboxylic acids is 2. The van der Waals surface area contributed by atoms with E-state index in [0.717, 1.165) is 22.3 Å². The van der Waals surface area contributed by atoms with Gasteiger partial charge in [-0.1, -0.05) is 35.9 Å². The average Bonchev–Trinajstić information content (AvgIpc) is 2.79. The van der Waals surface area contributed by atoms with Crippen molar-refractivity contribution >= 4 is 23.2 Å². The van der Waals surface area contributed by atoms with Crippen LogP contribution in [0.3, 0.4) is 0 Å². The normalized spacial score (nSPS) is 11.4. The lowest BCUT2D eigenvalue weighted by atomic mass is 10.0. The molecular formula is C26H28N4O4. The van der Waals surface area contributed by atoms with Gasteiger partial charge in [-0.3, -0.25) is 30.6 Å². The van der Waals surface area contributed by atoms with E-state index in [1.807, 2.05) is 58.0 Å². The van der Waals surface area contributed by atoms with Crippen LogP contribution in [0.25, 0.3) is 0 Å². The molecule has 0 radical (unpaired) electrons. The Kier molecular flexibility index (Phi) is 7.63. The molecular weight excluding hydrogens is 432 g/mol. The highest BCUT2D eigenvalue weighted by Crippen LogP contribution is 2.16. The maximum absolute atomic E-state index is 13.1. The summed E-state index contributed by atoms with van der Waals surface area (Å²) in [7, 11) is 0. The zero-order valence-electron chi connectivity index (χ0n) is 19.6. The summed E-state index contributed by atoms with van der Waals surface area (Å²) < 4.78 is 0. The van der Waals surface area contributed by atoms with Gasteiger partial charge in [-0.15, -0.1) is 0 Å². The fourth-order valence-electron chi connectivity index (χ4n) is 3.54. The summed E-state index contributed by atoms with van der Waals surface area (Å²) in [5.74, 6) is -0.805. The molecule has 0 aliphatic heterocycles. The van der Waals surface area contributed by atoms with Gasteiger partial charge in [-0.05, 0) is 68.1 Å². The third kappa shape index (κ3) is 6.19. The van der Waals surface area contributed by atoms with Gasteiger partial charge in [0, 0.05) is 24.1 Å². The summed E-state index contributed by atoms with van der Waals surface area (Å²) in [4.78, 5) is 36.5. The molecule has 1 atom stereocenters. The quantitative estimate of drug-likeness (QED) is 0.342. The molecule has 3 N–H and O–H groups in total. The summed E-state index contributed by atoms with van der Waals surface area (Å²) in [6, 6.07) is 16.2. The first-order valence-corrected chi connectivity index (χ1v) is 10.9. The highest BCUT2D eigenvalue weighted by atomic mass is 16.6. The molecule has 0 saturated carbocycles. The Balaban J connectivity index is 1.79. The van der Waals surface area contributed by atoms with Crippen molar-refractivity contribution in [3.8, 4) is 0 Å². The van der Waals surface area contributed by atoms with Crippen molar-refractivity contribution in [3.05, 3.63) is 104 Å². The first-order valence-electron chi connectivity index (χ1n) is 10.9. The largest absolute Gasteiger partial charge is 0.340 e. The maximum atomic E-state index is 13.1. The molecule has 34 heavy (non-hydrogen) atoms. The fraction of sp³-hybridized carbons (Fsp3) is 0.231. The lowest BCUT2D eigenvalue weighted by Gasteiger charge is -2.20. The molecule has 3 rings (SSSR count). The van der Waals surface area contributed by atoms with Crippen molar-refractivity contribution in [2.75, 3.05) is 5.43 Å². The van der Waals surface area contributed by atoms with Crippen molar-refractivity contribution < 1.29 is 14.5 Å². The molecule has 0 aliphatic rings. The number of anilines is 1. The summed E-state index contributed by atoms with van der Waals surface area (Å²) in [6.45, 7) is 7.76. The highest BCUT2D eigenvalue weighted by Gasteiger charge is 2.23. The van der Waals surface area contributed by atoms with E-state index in [4.69, 9.17) is 0 Å². The third-order valence-electron chi connectivity index (χ3n) is 5.67. The van der Waals surface area contributed by atoms with E-state index in [1.165, 1.54) is 12.1 Å². The molecule has 0 spiro atoms. The van der Waals surface area contributed by atoms with Crippen LogP contribution in [0.4, 0.5) is 11.4 Å². The van der Waals surface area contributed by atoms with Gasteiger partial charge in [-0.2, -0.15) is 0 Å². The minimum Gasteiger partial charge on any atom is -0.340 e. The summed E-state index contributed by atoms with van der Waals surface area (Å²) in [5, 5.41) is 13.8. The average molecular weight is 461 g/mol. The predicted molar refractivity (Wildman–Crippen MR) is 132 cm³/mol. The van der Waals surface area contributed by atoms with Crippen LogP contribution >= 0.6 is 0 Å². The fourth-order valence-corrected chi connectivity index (χ4v) is 3.54. The number of nitrogens with zero attached hydrogens (tertiary/aromatic N) is 1. The Labute approximate surface area is 198 Å². The van der Waals surface area contributed by atoms with Crippen molar-refractivity contribution in [1.82, 2.24) is 10.7 Å². The van der Waals surface area contributed by atoms with Crippen molar-refractivity contribution in [2.45, 2.75) is 40.2 Å². The zero-order valence-corrected chi connectivity index (χ0v) is 19.6. The number of rotatable bonds is 8. The molecule has 3 aromatic carbocycles. The Hall–Kier alpha value is -4.20. The van der Waals surface area contributed by atoms with Gasteiger partial charge < -0.3 is 5.32 Å². The van der Waals surface area contributed by atoms with E-state index in [9.17, 15) is 19.7 Å². The SMILES string of the molecule is Cc1ccc(C(=O)N[C@@H](Cc2ccc([N+](=O)[O-])cc2)C(=O)NNc2ccc(C)c(C)c2)c(C)c1. The molecule has 0 fully saturated rings. The Morgan fingerprint density at radius 2 is 1.59 bits per heavy atom. The summed E-state index contributed by atoms with van der Waals surface area (Å²) in [6.07, 6.45) is 0.162. The lowest BCUT2D eigenvalue weighted by Crippen LogP contribution is -2.49. The predicted octanol–water partition coefficient (Wildman–Crippen LogP) is 4.31. The van der Waals surface area contributed by atoms with E-state index in [2.05, 4.69) is 16.2 Å². The summed E-state index contributed by atoms with van der Waals surface area (Å²) in [5.41, 5.74) is 11.4. The standard InChI is InChI=1S/C26H28N4O4/c1-16-5-12-23(19(4)13-16)25(31)27-24(15-20-7-10-22(11-8-20)30(33)34)26(32)29-28-21-9-6-17(2)18(3)14-21/h5-14,24,28H,15H2,1-4H3,(H,27,31)(H,29,32)/t24-/m0/s1. The van der Waals surface area contributed by atoms with Crippen LogP contribution in [-0.2, 0) is 11.2 Å². The molecule has 8 nitrogen and oxygen atoms in total. The lowest BCUT2D eigenvalue weighted by molar-refractivity contribution is -0.384. The van der Waals surface area contributed by atoms with Crippen LogP contribution < -0.4 is 16.2 Å². The van der Waals surface area contributed by atoms with Crippen molar-refractivity contribution in [2.24, 2.45) is 0 Å². The molecule has 0 heterocycles. The first-order chi connectivity index (χ1) is 16.1. The number of nitro benzene ring substituents is 1. The van der Waals surface area contributed by atoms with Crippen LogP contribution in [-0.4, -0.2) is 22.8 Å². The number of aryl methyl sites for hydroxylation is 4. The molecule has 2 amide bonds. The second-order valence-electron chi connectivity index (χ2n) is 8.39. The Morgan fingerprint density at radius 1 is 0.882 bits per heavy atom. The zero-order chi connectivity index (χ0) is 24.8. The van der Waals surface area contributed by atoms with Gasteiger partial charge in [-0.25, -0.2) is 0 Å². The van der Waals surface area contributed by atoms with Crippen LogP contribution in [0, 0.1) is 37.8 Å². The monoisotopic (exact) mass is 460 g/mol.